The van der Waals surface area contributed by atoms with Crippen molar-refractivity contribution in [2.24, 2.45) is 0 Å². The van der Waals surface area contributed by atoms with Gasteiger partial charge in [0.2, 0.25) is 11.8 Å². The van der Waals surface area contributed by atoms with E-state index in [0.29, 0.717) is 19.5 Å². The number of nitrogens with zero attached hydrogens (tertiary/aromatic N) is 3. The minimum absolute atomic E-state index is 0.0552. The summed E-state index contributed by atoms with van der Waals surface area (Å²) in [5.41, 5.74) is 3.52. The first-order valence-electron chi connectivity index (χ1n) is 9.60. The lowest BCUT2D eigenvalue weighted by Crippen LogP contribution is -2.33. The lowest BCUT2D eigenvalue weighted by Gasteiger charge is -2.20. The van der Waals surface area contributed by atoms with Crippen molar-refractivity contribution in [1.29, 1.82) is 0 Å². The molecule has 1 saturated heterocycles. The summed E-state index contributed by atoms with van der Waals surface area (Å²) in [5.74, 6) is 0.0589. The quantitative estimate of drug-likeness (QED) is 0.822. The molecule has 0 bridgehead atoms. The first kappa shape index (κ1) is 19.5. The Bertz CT molecular complexity index is 586. The van der Waals surface area contributed by atoms with Crippen LogP contribution in [-0.2, 0) is 22.6 Å². The van der Waals surface area contributed by atoms with E-state index in [9.17, 15) is 9.59 Å². The van der Waals surface area contributed by atoms with Gasteiger partial charge in [0.25, 0.3) is 0 Å². The molecule has 2 rings (SSSR count). The van der Waals surface area contributed by atoms with E-state index >= 15 is 0 Å². The number of hydrogen-bond acceptors (Lipinski definition) is 3. The lowest BCUT2D eigenvalue weighted by atomic mass is 10.1. The molecule has 1 aliphatic heterocycles. The van der Waals surface area contributed by atoms with E-state index in [2.05, 4.69) is 24.3 Å². The van der Waals surface area contributed by atoms with Gasteiger partial charge in [-0.15, -0.1) is 0 Å². The van der Waals surface area contributed by atoms with Gasteiger partial charge < -0.3 is 10.2 Å². The van der Waals surface area contributed by atoms with E-state index in [1.54, 1.807) is 0 Å². The molecule has 6 heteroatoms. The predicted molar refractivity (Wildman–Crippen MR) is 98.4 cm³/mol. The summed E-state index contributed by atoms with van der Waals surface area (Å²) in [7, 11) is 0. The number of aromatic nitrogens is 2. The summed E-state index contributed by atoms with van der Waals surface area (Å²) in [6.45, 7) is 9.12. The van der Waals surface area contributed by atoms with Gasteiger partial charge in [-0.25, -0.2) is 0 Å². The minimum Gasteiger partial charge on any atom is -0.354 e. The van der Waals surface area contributed by atoms with Gasteiger partial charge in [0.15, 0.2) is 0 Å². The van der Waals surface area contributed by atoms with E-state index in [4.69, 9.17) is 0 Å². The molecule has 1 aromatic heterocycles. The van der Waals surface area contributed by atoms with Crippen LogP contribution in [0.2, 0.25) is 0 Å². The van der Waals surface area contributed by atoms with Crippen molar-refractivity contribution < 1.29 is 9.59 Å². The van der Waals surface area contributed by atoms with Crippen molar-refractivity contribution in [3.05, 3.63) is 17.0 Å². The monoisotopic (exact) mass is 348 g/mol. The number of nitrogens with one attached hydrogen (secondary N) is 1. The van der Waals surface area contributed by atoms with E-state index in [1.807, 2.05) is 16.5 Å². The van der Waals surface area contributed by atoms with E-state index in [0.717, 1.165) is 38.0 Å². The maximum absolute atomic E-state index is 12.2. The van der Waals surface area contributed by atoms with Crippen LogP contribution in [0.15, 0.2) is 0 Å². The zero-order valence-electron chi connectivity index (χ0n) is 15.9. The Kier molecular flexibility index (Phi) is 7.47. The first-order chi connectivity index (χ1) is 12.0. The molecule has 2 heterocycles. The molecule has 0 atom stereocenters. The van der Waals surface area contributed by atoms with Crippen LogP contribution in [0.25, 0.3) is 0 Å². The Hall–Kier alpha value is -1.85. The first-order valence-corrected chi connectivity index (χ1v) is 9.60. The third kappa shape index (κ3) is 5.58. The van der Waals surface area contributed by atoms with E-state index in [1.165, 1.54) is 24.1 Å². The highest BCUT2D eigenvalue weighted by molar-refractivity contribution is 5.83. The summed E-state index contributed by atoms with van der Waals surface area (Å²) in [4.78, 5) is 26.1. The van der Waals surface area contributed by atoms with Gasteiger partial charge >= 0.3 is 0 Å². The Morgan fingerprint density at radius 2 is 1.76 bits per heavy atom. The Labute approximate surface area is 151 Å². The van der Waals surface area contributed by atoms with Gasteiger partial charge in [0, 0.05) is 38.2 Å². The molecule has 2 amide bonds. The standard InChI is InChI=1S/C19H32N4O2/c1-4-17-15(2)21-23(16(17)3)14-11-20-18(24)9-10-19(25)22-12-7-5-6-8-13-22/h4-14H2,1-3H3,(H,20,24). The summed E-state index contributed by atoms with van der Waals surface area (Å²) in [5, 5.41) is 7.43. The average Bonchev–Trinajstić information content (AvgIpc) is 2.78. The van der Waals surface area contributed by atoms with Gasteiger partial charge in [0.1, 0.15) is 0 Å². The molecule has 1 aliphatic rings. The van der Waals surface area contributed by atoms with Crippen LogP contribution >= 0.6 is 0 Å². The highest BCUT2D eigenvalue weighted by Crippen LogP contribution is 2.13. The third-order valence-electron chi connectivity index (χ3n) is 5.06. The average molecular weight is 348 g/mol. The molecule has 1 fully saturated rings. The highest BCUT2D eigenvalue weighted by atomic mass is 16.2. The van der Waals surface area contributed by atoms with Crippen LogP contribution in [-0.4, -0.2) is 46.1 Å². The molecule has 140 valence electrons. The second kappa shape index (κ2) is 9.59. The normalized spacial score (nSPS) is 15.1. The van der Waals surface area contributed by atoms with Crippen molar-refractivity contribution >= 4 is 11.8 Å². The predicted octanol–water partition coefficient (Wildman–Crippen LogP) is 2.36. The van der Waals surface area contributed by atoms with Crippen molar-refractivity contribution in [2.45, 2.75) is 72.3 Å². The molecule has 0 aliphatic carbocycles. The Morgan fingerprint density at radius 1 is 1.08 bits per heavy atom. The molecule has 0 unspecified atom stereocenters. The number of carbonyl (C=O) groups excluding carboxylic acids is 2. The molecule has 0 spiro atoms. The molecular weight excluding hydrogens is 316 g/mol. The van der Waals surface area contributed by atoms with Gasteiger partial charge in [-0.1, -0.05) is 19.8 Å². The molecule has 1 aromatic rings. The number of likely N-dealkylation sites (tertiary alicyclic amines) is 1. The van der Waals surface area contributed by atoms with Crippen LogP contribution in [0.3, 0.4) is 0 Å². The van der Waals surface area contributed by atoms with Gasteiger partial charge in [-0.3, -0.25) is 14.3 Å². The van der Waals surface area contributed by atoms with Crippen molar-refractivity contribution in [3.63, 3.8) is 0 Å². The van der Waals surface area contributed by atoms with Crippen LogP contribution in [0.5, 0.6) is 0 Å². The zero-order valence-corrected chi connectivity index (χ0v) is 15.9. The zero-order chi connectivity index (χ0) is 18.2. The maximum Gasteiger partial charge on any atom is 0.223 e. The SMILES string of the molecule is CCc1c(C)nn(CCNC(=O)CCC(=O)N2CCCCCC2)c1C. The van der Waals surface area contributed by atoms with Gasteiger partial charge in [0.05, 0.1) is 12.2 Å². The summed E-state index contributed by atoms with van der Waals surface area (Å²) < 4.78 is 1.96. The Morgan fingerprint density at radius 3 is 2.36 bits per heavy atom. The fourth-order valence-electron chi connectivity index (χ4n) is 3.55. The summed E-state index contributed by atoms with van der Waals surface area (Å²) in [6, 6.07) is 0. The Balaban J connectivity index is 1.69. The topological polar surface area (TPSA) is 67.2 Å². The minimum atomic E-state index is -0.0552. The number of aryl methyl sites for hydroxylation is 1. The molecule has 6 nitrogen and oxygen atoms in total. The largest absolute Gasteiger partial charge is 0.354 e. The fourth-order valence-corrected chi connectivity index (χ4v) is 3.55. The molecular formula is C19H32N4O2. The van der Waals surface area contributed by atoms with Crippen molar-refractivity contribution in [1.82, 2.24) is 20.0 Å². The van der Waals surface area contributed by atoms with Crippen LogP contribution in [0.4, 0.5) is 0 Å². The molecule has 25 heavy (non-hydrogen) atoms. The van der Waals surface area contributed by atoms with E-state index < -0.39 is 0 Å². The van der Waals surface area contributed by atoms with Crippen LogP contribution in [0.1, 0.15) is 62.4 Å². The smallest absolute Gasteiger partial charge is 0.223 e. The maximum atomic E-state index is 12.2. The summed E-state index contributed by atoms with van der Waals surface area (Å²) >= 11 is 0. The number of amides is 2. The summed E-state index contributed by atoms with van der Waals surface area (Å²) in [6.07, 6.45) is 6.13. The molecule has 1 N–H and O–H groups in total. The van der Waals surface area contributed by atoms with E-state index in [-0.39, 0.29) is 18.2 Å². The van der Waals surface area contributed by atoms with Gasteiger partial charge in [-0.2, -0.15) is 5.10 Å². The van der Waals surface area contributed by atoms with Gasteiger partial charge in [-0.05, 0) is 38.7 Å². The molecule has 0 aromatic carbocycles. The fraction of sp³-hybridized carbons (Fsp3) is 0.737. The second-order valence-electron chi connectivity index (χ2n) is 6.87. The highest BCUT2D eigenvalue weighted by Gasteiger charge is 2.16. The third-order valence-corrected chi connectivity index (χ3v) is 5.06. The van der Waals surface area contributed by atoms with Crippen LogP contribution in [0, 0.1) is 13.8 Å². The number of hydrogen-bond donors (Lipinski definition) is 1. The second-order valence-corrected chi connectivity index (χ2v) is 6.87. The number of rotatable bonds is 7. The molecule has 0 radical (unpaired) electrons. The lowest BCUT2D eigenvalue weighted by molar-refractivity contribution is -0.133. The number of carbonyl (C=O) groups is 2. The van der Waals surface area contributed by atoms with Crippen molar-refractivity contribution in [3.8, 4) is 0 Å². The van der Waals surface area contributed by atoms with Crippen molar-refractivity contribution in [2.75, 3.05) is 19.6 Å². The van der Waals surface area contributed by atoms with Crippen LogP contribution < -0.4 is 5.32 Å². The molecule has 0 saturated carbocycles.